The van der Waals surface area contributed by atoms with Crippen LogP contribution in [0.4, 0.5) is 13.2 Å². The van der Waals surface area contributed by atoms with Crippen LogP contribution in [-0.2, 0) is 6.54 Å². The normalized spacial score (nSPS) is 10.9. The lowest BCUT2D eigenvalue weighted by atomic mass is 10.2. The third-order valence-corrected chi connectivity index (χ3v) is 2.23. The van der Waals surface area contributed by atoms with E-state index in [4.69, 9.17) is 0 Å². The third-order valence-electron chi connectivity index (χ3n) is 1.51. The van der Waals surface area contributed by atoms with Crippen LogP contribution in [0.25, 0.3) is 0 Å². The third kappa shape index (κ3) is 5.92. The zero-order valence-electron chi connectivity index (χ0n) is 7.97. The van der Waals surface area contributed by atoms with Crippen LogP contribution in [0.2, 0.25) is 0 Å². The summed E-state index contributed by atoms with van der Waals surface area (Å²) in [5.41, 5.74) is -3.36. The average molecular weight is 258 g/mol. The molecule has 1 N–H and O–H groups in total. The Kier molecular flexibility index (Phi) is 6.09. The van der Waals surface area contributed by atoms with Crippen molar-refractivity contribution in [2.24, 2.45) is 0 Å². The first-order chi connectivity index (χ1) is 6.51. The number of hydrogen-bond donors (Lipinski definition) is 1. The monoisotopic (exact) mass is 257 g/mol. The molecule has 0 aliphatic carbocycles. The Balaban J connectivity index is 0.00000196. The van der Waals surface area contributed by atoms with Crippen LogP contribution in [0, 0.1) is 0 Å². The summed E-state index contributed by atoms with van der Waals surface area (Å²) in [6, 6.07) is 6.41. The van der Waals surface area contributed by atoms with Crippen LogP contribution in [0.5, 0.6) is 0 Å². The molecule has 0 aliphatic heterocycles. The van der Waals surface area contributed by atoms with Crippen molar-refractivity contribution in [2.75, 3.05) is 7.05 Å². The largest absolute Gasteiger partial charge is 0.446 e. The van der Waals surface area contributed by atoms with Gasteiger partial charge in [-0.15, -0.1) is 12.4 Å². The lowest BCUT2D eigenvalue weighted by molar-refractivity contribution is -0.0328. The van der Waals surface area contributed by atoms with E-state index in [1.54, 1.807) is 19.2 Å². The Hall–Kier alpha value is -0.390. The molecule has 0 radical (unpaired) electrons. The molecule has 0 saturated carbocycles. The maximum absolute atomic E-state index is 12.0. The number of nitrogens with one attached hydrogen (secondary N) is 1. The van der Waals surface area contributed by atoms with Gasteiger partial charge < -0.3 is 5.32 Å². The molecule has 0 saturated heterocycles. The second kappa shape index (κ2) is 6.25. The van der Waals surface area contributed by atoms with Crippen molar-refractivity contribution in [3.8, 4) is 0 Å². The molecule has 1 aromatic carbocycles. The lowest BCUT2D eigenvalue weighted by Gasteiger charge is -2.06. The van der Waals surface area contributed by atoms with Gasteiger partial charge >= 0.3 is 5.51 Å². The summed E-state index contributed by atoms with van der Waals surface area (Å²) in [7, 11) is 1.75. The molecule has 0 amide bonds. The number of thioether (sulfide) groups is 1. The molecule has 15 heavy (non-hydrogen) atoms. The molecular weight excluding hydrogens is 247 g/mol. The van der Waals surface area contributed by atoms with Crippen molar-refractivity contribution < 1.29 is 13.2 Å². The Morgan fingerprint density at radius 2 is 2.00 bits per heavy atom. The van der Waals surface area contributed by atoms with E-state index >= 15 is 0 Å². The first-order valence-electron chi connectivity index (χ1n) is 4.00. The minimum atomic E-state index is -4.21. The first-order valence-corrected chi connectivity index (χ1v) is 4.82. The standard InChI is InChI=1S/C9H10F3NS.ClH/c1-13-6-7-3-2-4-8(5-7)14-9(10,11)12;/h2-5,13H,6H2,1H3;1H. The molecule has 1 nitrogen and oxygen atoms in total. The highest BCUT2D eigenvalue weighted by Crippen LogP contribution is 2.36. The molecule has 0 fully saturated rings. The Labute approximate surface area is 96.8 Å². The fourth-order valence-corrected chi connectivity index (χ4v) is 1.68. The smallest absolute Gasteiger partial charge is 0.316 e. The van der Waals surface area contributed by atoms with Gasteiger partial charge in [0.25, 0.3) is 0 Å². The molecule has 0 spiro atoms. The summed E-state index contributed by atoms with van der Waals surface area (Å²) < 4.78 is 36.0. The molecule has 0 heterocycles. The minimum absolute atomic E-state index is 0. The molecule has 0 aliphatic rings. The molecule has 0 atom stereocenters. The second-order valence-electron chi connectivity index (χ2n) is 2.73. The number of halogens is 4. The summed E-state index contributed by atoms with van der Waals surface area (Å²) in [6.07, 6.45) is 0. The fraction of sp³-hybridized carbons (Fsp3) is 0.333. The number of benzene rings is 1. The van der Waals surface area contributed by atoms with Gasteiger partial charge in [0.15, 0.2) is 0 Å². The molecule has 86 valence electrons. The van der Waals surface area contributed by atoms with Gasteiger partial charge in [0.1, 0.15) is 0 Å². The lowest BCUT2D eigenvalue weighted by Crippen LogP contribution is -2.05. The van der Waals surface area contributed by atoms with Crippen molar-refractivity contribution >= 4 is 24.2 Å². The predicted molar refractivity (Wildman–Crippen MR) is 58.4 cm³/mol. The molecule has 0 bridgehead atoms. The van der Waals surface area contributed by atoms with E-state index < -0.39 is 5.51 Å². The number of rotatable bonds is 3. The summed E-state index contributed by atoms with van der Waals surface area (Å²) in [5, 5.41) is 2.88. The molecule has 1 aromatic rings. The zero-order valence-corrected chi connectivity index (χ0v) is 9.60. The zero-order chi connectivity index (χ0) is 10.6. The van der Waals surface area contributed by atoms with Crippen molar-refractivity contribution in [3.05, 3.63) is 29.8 Å². The summed E-state index contributed by atoms with van der Waals surface area (Å²) in [5.74, 6) is 0. The van der Waals surface area contributed by atoms with Gasteiger partial charge in [-0.3, -0.25) is 0 Å². The Morgan fingerprint density at radius 3 is 2.53 bits per heavy atom. The first kappa shape index (κ1) is 14.6. The number of hydrogen-bond acceptors (Lipinski definition) is 2. The highest BCUT2D eigenvalue weighted by atomic mass is 35.5. The van der Waals surface area contributed by atoms with Crippen LogP contribution in [0.1, 0.15) is 5.56 Å². The highest BCUT2D eigenvalue weighted by molar-refractivity contribution is 8.00. The molecule has 0 unspecified atom stereocenters. The maximum Gasteiger partial charge on any atom is 0.446 e. The van der Waals surface area contributed by atoms with Crippen molar-refractivity contribution in [3.63, 3.8) is 0 Å². The van der Waals surface area contributed by atoms with Crippen LogP contribution in [0.15, 0.2) is 29.2 Å². The fourth-order valence-electron chi connectivity index (χ4n) is 1.06. The molecule has 0 aromatic heterocycles. The predicted octanol–water partition coefficient (Wildman–Crippen LogP) is 3.44. The topological polar surface area (TPSA) is 12.0 Å². The van der Waals surface area contributed by atoms with E-state index in [1.165, 1.54) is 12.1 Å². The van der Waals surface area contributed by atoms with E-state index in [2.05, 4.69) is 5.32 Å². The Bertz CT molecular complexity index is 304. The summed E-state index contributed by atoms with van der Waals surface area (Å²) in [6.45, 7) is 0.576. The van der Waals surface area contributed by atoms with Crippen LogP contribution in [0.3, 0.4) is 0 Å². The molecular formula is C9H11ClF3NS. The van der Waals surface area contributed by atoms with E-state index in [0.717, 1.165) is 5.56 Å². The van der Waals surface area contributed by atoms with Gasteiger partial charge in [-0.25, -0.2) is 0 Å². The maximum atomic E-state index is 12.0. The molecule has 6 heteroatoms. The van der Waals surface area contributed by atoms with Crippen LogP contribution in [-0.4, -0.2) is 12.6 Å². The summed E-state index contributed by atoms with van der Waals surface area (Å²) >= 11 is -0.0870. The Morgan fingerprint density at radius 1 is 1.33 bits per heavy atom. The molecule has 1 rings (SSSR count). The van der Waals surface area contributed by atoms with Gasteiger partial charge in [0.05, 0.1) is 0 Å². The van der Waals surface area contributed by atoms with E-state index in [9.17, 15) is 13.2 Å². The van der Waals surface area contributed by atoms with Gasteiger partial charge in [0.2, 0.25) is 0 Å². The van der Waals surface area contributed by atoms with Crippen molar-refractivity contribution in [1.29, 1.82) is 0 Å². The van der Waals surface area contributed by atoms with Gasteiger partial charge in [-0.1, -0.05) is 12.1 Å². The van der Waals surface area contributed by atoms with E-state index in [1.807, 2.05) is 0 Å². The van der Waals surface area contributed by atoms with E-state index in [-0.39, 0.29) is 29.1 Å². The second-order valence-corrected chi connectivity index (χ2v) is 3.86. The number of alkyl halides is 3. The average Bonchev–Trinajstić information content (AvgIpc) is 2.02. The summed E-state index contributed by atoms with van der Waals surface area (Å²) in [4.78, 5) is 0.227. The van der Waals surface area contributed by atoms with Gasteiger partial charge in [-0.05, 0) is 36.5 Å². The van der Waals surface area contributed by atoms with Gasteiger partial charge in [0, 0.05) is 11.4 Å². The van der Waals surface area contributed by atoms with E-state index in [0.29, 0.717) is 6.54 Å². The quantitative estimate of drug-likeness (QED) is 0.833. The SMILES string of the molecule is CNCc1cccc(SC(F)(F)F)c1.Cl. The minimum Gasteiger partial charge on any atom is -0.316 e. The van der Waals surface area contributed by atoms with Crippen molar-refractivity contribution in [2.45, 2.75) is 16.9 Å². The van der Waals surface area contributed by atoms with Crippen LogP contribution < -0.4 is 5.32 Å². The van der Waals surface area contributed by atoms with Crippen LogP contribution >= 0.6 is 24.2 Å². The van der Waals surface area contributed by atoms with Crippen molar-refractivity contribution in [1.82, 2.24) is 5.32 Å². The van der Waals surface area contributed by atoms with Gasteiger partial charge in [-0.2, -0.15) is 13.2 Å². The highest BCUT2D eigenvalue weighted by Gasteiger charge is 2.29.